The number of nitrogens with zero attached hydrogens (tertiary/aromatic N) is 3. The highest BCUT2D eigenvalue weighted by molar-refractivity contribution is 14.0. The molecular formula is C18H30IN5O3. The van der Waals surface area contributed by atoms with Crippen molar-refractivity contribution in [1.29, 1.82) is 0 Å². The summed E-state index contributed by atoms with van der Waals surface area (Å²) in [6, 6.07) is 4.18. The quantitative estimate of drug-likeness (QED) is 0.350. The van der Waals surface area contributed by atoms with E-state index in [-0.39, 0.29) is 36.4 Å². The van der Waals surface area contributed by atoms with Crippen molar-refractivity contribution in [2.75, 3.05) is 52.5 Å². The first kappa shape index (κ1) is 22.0. The van der Waals surface area contributed by atoms with Gasteiger partial charge in [-0.3, -0.25) is 9.69 Å². The monoisotopic (exact) mass is 491 g/mol. The number of guanidine groups is 1. The highest BCUT2D eigenvalue weighted by atomic mass is 127. The molecule has 152 valence electrons. The number of furan rings is 1. The second-order valence-electron chi connectivity index (χ2n) is 6.56. The average molecular weight is 491 g/mol. The fraction of sp³-hybridized carbons (Fsp3) is 0.667. The molecule has 0 aromatic carbocycles. The lowest BCUT2D eigenvalue weighted by atomic mass is 10.2. The number of nitrogens with one attached hydrogen (secondary N) is 2. The molecule has 27 heavy (non-hydrogen) atoms. The van der Waals surface area contributed by atoms with Crippen molar-refractivity contribution in [2.24, 2.45) is 4.99 Å². The Morgan fingerprint density at radius 3 is 2.81 bits per heavy atom. The number of likely N-dealkylation sites (tertiary alicyclic amines) is 1. The molecule has 3 rings (SSSR count). The lowest BCUT2D eigenvalue weighted by Crippen LogP contribution is -2.47. The molecule has 1 aromatic heterocycles. The molecule has 2 saturated heterocycles. The van der Waals surface area contributed by atoms with Crippen LogP contribution in [0.5, 0.6) is 0 Å². The minimum atomic E-state index is -0.110. The van der Waals surface area contributed by atoms with Gasteiger partial charge in [0.05, 0.1) is 26.0 Å². The maximum Gasteiger partial charge on any atom is 0.242 e. The normalized spacial score (nSPS) is 21.0. The topological polar surface area (TPSA) is 82.3 Å². The van der Waals surface area contributed by atoms with Crippen LogP contribution in [0.2, 0.25) is 0 Å². The summed E-state index contributed by atoms with van der Waals surface area (Å²) in [6.45, 7) is 8.88. The first-order chi connectivity index (χ1) is 12.8. The average Bonchev–Trinajstić information content (AvgIpc) is 3.36. The number of carbonyl (C=O) groups excluding carboxylic acids is 1. The Hall–Kier alpha value is -1.33. The molecule has 1 amide bonds. The van der Waals surface area contributed by atoms with E-state index in [1.54, 1.807) is 12.3 Å². The highest BCUT2D eigenvalue weighted by Gasteiger charge is 2.30. The van der Waals surface area contributed by atoms with Crippen LogP contribution in [0.3, 0.4) is 0 Å². The third-order valence-corrected chi connectivity index (χ3v) is 4.77. The molecule has 2 aliphatic rings. The Kier molecular flexibility index (Phi) is 9.35. The molecule has 1 atom stereocenters. The van der Waals surface area contributed by atoms with Gasteiger partial charge in [0.1, 0.15) is 12.3 Å². The van der Waals surface area contributed by atoms with Crippen molar-refractivity contribution in [1.82, 2.24) is 20.4 Å². The third-order valence-electron chi connectivity index (χ3n) is 4.77. The molecule has 0 radical (unpaired) electrons. The number of hydrogen-bond donors (Lipinski definition) is 2. The molecule has 0 aliphatic carbocycles. The van der Waals surface area contributed by atoms with Crippen LogP contribution in [-0.2, 0) is 16.1 Å². The standard InChI is InChI=1S/C18H29N5O3.HI/c1-2-19-18(21-13-17(24)20-12-16-4-3-9-26-16)23-6-5-15(14-23)22-7-10-25-11-8-22;/h3-4,9,15H,2,5-8,10-14H2,1H3,(H,19,21)(H,20,24);1H. The molecule has 2 aliphatic heterocycles. The van der Waals surface area contributed by atoms with E-state index in [4.69, 9.17) is 9.15 Å². The van der Waals surface area contributed by atoms with Crippen molar-refractivity contribution in [3.63, 3.8) is 0 Å². The van der Waals surface area contributed by atoms with Crippen molar-refractivity contribution in [3.05, 3.63) is 24.2 Å². The number of hydrogen-bond acceptors (Lipinski definition) is 5. The van der Waals surface area contributed by atoms with E-state index in [9.17, 15) is 4.79 Å². The Morgan fingerprint density at radius 1 is 1.30 bits per heavy atom. The van der Waals surface area contributed by atoms with E-state index in [0.29, 0.717) is 12.6 Å². The summed E-state index contributed by atoms with van der Waals surface area (Å²) in [6.07, 6.45) is 2.72. The van der Waals surface area contributed by atoms with Crippen LogP contribution in [0.15, 0.2) is 27.8 Å². The number of ether oxygens (including phenoxy) is 1. The van der Waals surface area contributed by atoms with E-state index in [1.165, 1.54) is 0 Å². The van der Waals surface area contributed by atoms with Gasteiger partial charge in [0.15, 0.2) is 5.96 Å². The largest absolute Gasteiger partial charge is 0.467 e. The molecule has 2 N–H and O–H groups in total. The van der Waals surface area contributed by atoms with Crippen LogP contribution in [0, 0.1) is 0 Å². The summed E-state index contributed by atoms with van der Waals surface area (Å²) in [5, 5.41) is 6.13. The van der Waals surface area contributed by atoms with Gasteiger partial charge in [-0.25, -0.2) is 4.99 Å². The predicted octanol–water partition coefficient (Wildman–Crippen LogP) is 0.886. The van der Waals surface area contributed by atoms with Crippen LogP contribution in [-0.4, -0.2) is 80.2 Å². The Bertz CT molecular complexity index is 590. The molecule has 3 heterocycles. The summed E-state index contributed by atoms with van der Waals surface area (Å²) >= 11 is 0. The van der Waals surface area contributed by atoms with Crippen molar-refractivity contribution in [2.45, 2.75) is 25.9 Å². The summed E-state index contributed by atoms with van der Waals surface area (Å²) < 4.78 is 10.7. The fourth-order valence-corrected chi connectivity index (χ4v) is 3.40. The lowest BCUT2D eigenvalue weighted by Gasteiger charge is -2.32. The smallest absolute Gasteiger partial charge is 0.242 e. The van der Waals surface area contributed by atoms with Crippen LogP contribution in [0.4, 0.5) is 0 Å². The summed E-state index contributed by atoms with van der Waals surface area (Å²) in [7, 11) is 0. The number of halogens is 1. The maximum atomic E-state index is 12.0. The minimum Gasteiger partial charge on any atom is -0.467 e. The molecule has 2 fully saturated rings. The van der Waals surface area contributed by atoms with Gasteiger partial charge in [-0.1, -0.05) is 0 Å². The first-order valence-electron chi connectivity index (χ1n) is 9.40. The SMILES string of the molecule is CCNC(=NCC(=O)NCc1ccco1)N1CCC(N2CCOCC2)C1.I. The van der Waals surface area contributed by atoms with Crippen molar-refractivity contribution < 1.29 is 13.9 Å². The van der Waals surface area contributed by atoms with Gasteiger partial charge in [0, 0.05) is 38.8 Å². The highest BCUT2D eigenvalue weighted by Crippen LogP contribution is 2.17. The zero-order valence-electron chi connectivity index (χ0n) is 15.9. The van der Waals surface area contributed by atoms with Crippen LogP contribution in [0.1, 0.15) is 19.1 Å². The first-order valence-corrected chi connectivity index (χ1v) is 9.40. The van der Waals surface area contributed by atoms with E-state index in [1.807, 2.05) is 13.0 Å². The van der Waals surface area contributed by atoms with E-state index in [2.05, 4.69) is 25.4 Å². The molecule has 8 nitrogen and oxygen atoms in total. The number of aliphatic imine (C=N–C) groups is 1. The lowest BCUT2D eigenvalue weighted by molar-refractivity contribution is -0.119. The minimum absolute atomic E-state index is 0. The summed E-state index contributed by atoms with van der Waals surface area (Å²) in [4.78, 5) is 21.3. The molecule has 1 unspecified atom stereocenters. The van der Waals surface area contributed by atoms with Gasteiger partial charge in [0.2, 0.25) is 5.91 Å². The van der Waals surface area contributed by atoms with Gasteiger partial charge in [-0.15, -0.1) is 24.0 Å². The second kappa shape index (κ2) is 11.5. The predicted molar refractivity (Wildman–Crippen MR) is 114 cm³/mol. The number of morpholine rings is 1. The number of amides is 1. The molecule has 0 saturated carbocycles. The van der Waals surface area contributed by atoms with Crippen molar-refractivity contribution >= 4 is 35.8 Å². The van der Waals surface area contributed by atoms with Crippen LogP contribution in [0.25, 0.3) is 0 Å². The fourth-order valence-electron chi connectivity index (χ4n) is 3.40. The number of carbonyl (C=O) groups is 1. The Balaban J connectivity index is 0.00000261. The van der Waals surface area contributed by atoms with Crippen molar-refractivity contribution in [3.8, 4) is 0 Å². The van der Waals surface area contributed by atoms with Gasteiger partial charge < -0.3 is 24.7 Å². The van der Waals surface area contributed by atoms with E-state index < -0.39 is 0 Å². The van der Waals surface area contributed by atoms with Crippen LogP contribution < -0.4 is 10.6 Å². The van der Waals surface area contributed by atoms with E-state index in [0.717, 1.165) is 64.1 Å². The number of rotatable bonds is 6. The summed E-state index contributed by atoms with van der Waals surface area (Å²) in [5.41, 5.74) is 0. The van der Waals surface area contributed by atoms with Gasteiger partial charge in [0.25, 0.3) is 0 Å². The molecule has 0 bridgehead atoms. The second-order valence-corrected chi connectivity index (χ2v) is 6.56. The molecular weight excluding hydrogens is 461 g/mol. The molecule has 0 spiro atoms. The molecule has 1 aromatic rings. The third kappa shape index (κ3) is 6.65. The maximum absolute atomic E-state index is 12.0. The van der Waals surface area contributed by atoms with Gasteiger partial charge >= 0.3 is 0 Å². The Morgan fingerprint density at radius 2 is 2.11 bits per heavy atom. The zero-order chi connectivity index (χ0) is 18.2. The Labute approximate surface area is 177 Å². The summed E-state index contributed by atoms with van der Waals surface area (Å²) in [5.74, 6) is 1.44. The van der Waals surface area contributed by atoms with Crippen LogP contribution >= 0.6 is 24.0 Å². The van der Waals surface area contributed by atoms with E-state index >= 15 is 0 Å². The molecule has 9 heteroatoms. The van der Waals surface area contributed by atoms with Gasteiger partial charge in [-0.05, 0) is 25.5 Å². The zero-order valence-corrected chi connectivity index (χ0v) is 18.2. The van der Waals surface area contributed by atoms with Gasteiger partial charge in [-0.2, -0.15) is 0 Å².